The number of benzene rings is 1. The maximum Gasteiger partial charge on any atom is 0.153 e. The van der Waals surface area contributed by atoms with E-state index in [0.717, 1.165) is 30.5 Å². The molecule has 0 spiro atoms. The van der Waals surface area contributed by atoms with Crippen LogP contribution in [0.25, 0.3) is 10.9 Å². The monoisotopic (exact) mass is 205 g/mol. The smallest absolute Gasteiger partial charge is 0.153 e. The van der Waals surface area contributed by atoms with Gasteiger partial charge in [-0.2, -0.15) is 5.10 Å². The number of aromatic nitrogens is 2. The lowest BCUT2D eigenvalue weighted by atomic mass is 10.2. The topological polar surface area (TPSA) is 53.1 Å². The van der Waals surface area contributed by atoms with Crippen LogP contribution in [0.3, 0.4) is 0 Å². The number of nitrogen functional groups attached to an aromatic ring is 1. The van der Waals surface area contributed by atoms with Gasteiger partial charge in [-0.15, -0.1) is 0 Å². The fourth-order valence-electron chi connectivity index (χ4n) is 1.68. The van der Waals surface area contributed by atoms with Crippen LogP contribution >= 0.6 is 0 Å². The van der Waals surface area contributed by atoms with E-state index in [4.69, 9.17) is 10.5 Å². The first-order valence-electron chi connectivity index (χ1n) is 5.03. The second-order valence-electron chi connectivity index (χ2n) is 3.47. The molecule has 0 radical (unpaired) electrons. The molecular weight excluding hydrogens is 190 g/mol. The summed E-state index contributed by atoms with van der Waals surface area (Å²) in [6.45, 7) is 1.58. The first kappa shape index (κ1) is 9.98. The normalized spacial score (nSPS) is 11.0. The Morgan fingerprint density at radius 2 is 2.20 bits per heavy atom. The van der Waals surface area contributed by atoms with Gasteiger partial charge in [0.25, 0.3) is 0 Å². The van der Waals surface area contributed by atoms with Crippen LogP contribution in [-0.2, 0) is 11.3 Å². The van der Waals surface area contributed by atoms with Crippen molar-refractivity contribution in [2.45, 2.75) is 13.0 Å². The van der Waals surface area contributed by atoms with Crippen molar-refractivity contribution in [2.24, 2.45) is 0 Å². The van der Waals surface area contributed by atoms with Gasteiger partial charge in [0.2, 0.25) is 0 Å². The highest BCUT2D eigenvalue weighted by Crippen LogP contribution is 2.19. The van der Waals surface area contributed by atoms with Crippen LogP contribution in [0.4, 0.5) is 5.82 Å². The lowest BCUT2D eigenvalue weighted by molar-refractivity contribution is 0.189. The lowest BCUT2D eigenvalue weighted by Gasteiger charge is -2.01. The Kier molecular flexibility index (Phi) is 2.87. The Balaban J connectivity index is 2.27. The molecule has 0 aliphatic rings. The predicted octanol–water partition coefficient (Wildman–Crippen LogP) is 1.65. The van der Waals surface area contributed by atoms with Gasteiger partial charge in [-0.3, -0.25) is 4.68 Å². The number of methoxy groups -OCH3 is 1. The third-order valence-electron chi connectivity index (χ3n) is 2.40. The number of fused-ring (bicyclic) bond motifs is 1. The van der Waals surface area contributed by atoms with Gasteiger partial charge in [-0.05, 0) is 18.6 Å². The molecule has 80 valence electrons. The average molecular weight is 205 g/mol. The molecule has 0 saturated heterocycles. The molecule has 4 nitrogen and oxygen atoms in total. The molecular formula is C11H15N3O. The van der Waals surface area contributed by atoms with E-state index in [9.17, 15) is 0 Å². The van der Waals surface area contributed by atoms with E-state index in [-0.39, 0.29) is 0 Å². The lowest BCUT2D eigenvalue weighted by Crippen LogP contribution is -2.03. The highest BCUT2D eigenvalue weighted by Gasteiger charge is 2.05. The van der Waals surface area contributed by atoms with Crippen molar-refractivity contribution >= 4 is 16.7 Å². The summed E-state index contributed by atoms with van der Waals surface area (Å²) in [6, 6.07) is 7.99. The Bertz CT molecular complexity index is 450. The minimum Gasteiger partial charge on any atom is -0.385 e. The number of hydrogen-bond donors (Lipinski definition) is 1. The average Bonchev–Trinajstić information content (AvgIpc) is 2.58. The number of rotatable bonds is 4. The van der Waals surface area contributed by atoms with E-state index in [1.807, 2.05) is 28.9 Å². The van der Waals surface area contributed by atoms with Gasteiger partial charge < -0.3 is 10.5 Å². The molecule has 0 amide bonds. The highest BCUT2D eigenvalue weighted by atomic mass is 16.5. The maximum absolute atomic E-state index is 5.82. The molecule has 4 heteroatoms. The fraction of sp³-hybridized carbons (Fsp3) is 0.364. The number of hydrogen-bond acceptors (Lipinski definition) is 3. The standard InChI is InChI=1S/C11H15N3O/c1-15-8-4-7-14-10-6-3-2-5-9(10)11(12)13-14/h2-3,5-6H,4,7-8H2,1H3,(H2,12,13). The van der Waals surface area contributed by atoms with Crippen molar-refractivity contribution < 1.29 is 4.74 Å². The predicted molar refractivity (Wildman–Crippen MR) is 60.6 cm³/mol. The molecule has 2 aromatic rings. The van der Waals surface area contributed by atoms with Crippen LogP contribution in [0.5, 0.6) is 0 Å². The molecule has 15 heavy (non-hydrogen) atoms. The number of para-hydroxylation sites is 1. The number of ether oxygens (including phenoxy) is 1. The molecule has 1 heterocycles. The van der Waals surface area contributed by atoms with Gasteiger partial charge in [0.05, 0.1) is 5.52 Å². The minimum absolute atomic E-state index is 0.600. The van der Waals surface area contributed by atoms with E-state index in [1.165, 1.54) is 0 Å². The van der Waals surface area contributed by atoms with Gasteiger partial charge in [0.15, 0.2) is 5.82 Å². The van der Waals surface area contributed by atoms with Crippen LogP contribution < -0.4 is 5.73 Å². The van der Waals surface area contributed by atoms with Gasteiger partial charge in [-0.25, -0.2) is 0 Å². The van der Waals surface area contributed by atoms with Crippen molar-refractivity contribution in [1.29, 1.82) is 0 Å². The Morgan fingerprint density at radius 1 is 1.40 bits per heavy atom. The van der Waals surface area contributed by atoms with Gasteiger partial charge in [-0.1, -0.05) is 12.1 Å². The molecule has 2 rings (SSSR count). The molecule has 0 bridgehead atoms. The highest BCUT2D eigenvalue weighted by molar-refractivity contribution is 5.88. The van der Waals surface area contributed by atoms with Gasteiger partial charge in [0.1, 0.15) is 0 Å². The van der Waals surface area contributed by atoms with Crippen molar-refractivity contribution in [2.75, 3.05) is 19.5 Å². The summed E-state index contributed by atoms with van der Waals surface area (Å²) >= 11 is 0. The first-order chi connectivity index (χ1) is 7.33. The largest absolute Gasteiger partial charge is 0.385 e. The van der Waals surface area contributed by atoms with Crippen LogP contribution in [0.15, 0.2) is 24.3 Å². The third kappa shape index (κ3) is 1.94. The molecule has 0 aliphatic heterocycles. The minimum atomic E-state index is 0.600. The Hall–Kier alpha value is -1.55. The third-order valence-corrected chi connectivity index (χ3v) is 2.40. The number of aryl methyl sites for hydroxylation is 1. The number of anilines is 1. The quantitative estimate of drug-likeness (QED) is 0.772. The molecule has 2 N–H and O–H groups in total. The van der Waals surface area contributed by atoms with Crippen molar-refractivity contribution in [3.63, 3.8) is 0 Å². The zero-order valence-corrected chi connectivity index (χ0v) is 8.81. The van der Waals surface area contributed by atoms with Crippen molar-refractivity contribution in [3.05, 3.63) is 24.3 Å². The zero-order chi connectivity index (χ0) is 10.7. The second kappa shape index (κ2) is 4.31. The molecule has 0 saturated carbocycles. The summed E-state index contributed by atoms with van der Waals surface area (Å²) in [5.41, 5.74) is 6.91. The maximum atomic E-state index is 5.82. The summed E-state index contributed by atoms with van der Waals surface area (Å²) in [7, 11) is 1.70. The summed E-state index contributed by atoms with van der Waals surface area (Å²) in [6.07, 6.45) is 0.946. The van der Waals surface area contributed by atoms with Crippen LogP contribution in [0, 0.1) is 0 Å². The van der Waals surface area contributed by atoms with Gasteiger partial charge >= 0.3 is 0 Å². The number of nitrogens with two attached hydrogens (primary N) is 1. The molecule has 1 aromatic heterocycles. The molecule has 0 fully saturated rings. The second-order valence-corrected chi connectivity index (χ2v) is 3.47. The molecule has 0 aliphatic carbocycles. The van der Waals surface area contributed by atoms with Crippen molar-refractivity contribution in [3.8, 4) is 0 Å². The van der Waals surface area contributed by atoms with E-state index >= 15 is 0 Å². The summed E-state index contributed by atoms with van der Waals surface area (Å²) in [5, 5.41) is 5.32. The van der Waals surface area contributed by atoms with E-state index < -0.39 is 0 Å². The first-order valence-corrected chi connectivity index (χ1v) is 5.03. The van der Waals surface area contributed by atoms with Crippen molar-refractivity contribution in [1.82, 2.24) is 9.78 Å². The van der Waals surface area contributed by atoms with Gasteiger partial charge in [0, 0.05) is 25.6 Å². The summed E-state index contributed by atoms with van der Waals surface area (Å²) in [5.74, 6) is 0.600. The number of nitrogens with zero attached hydrogens (tertiary/aromatic N) is 2. The van der Waals surface area contributed by atoms with Crippen LogP contribution in [0.1, 0.15) is 6.42 Å². The van der Waals surface area contributed by atoms with E-state index in [2.05, 4.69) is 5.10 Å². The van der Waals surface area contributed by atoms with E-state index in [1.54, 1.807) is 7.11 Å². The van der Waals surface area contributed by atoms with E-state index in [0.29, 0.717) is 5.82 Å². The van der Waals surface area contributed by atoms with Crippen LogP contribution in [-0.4, -0.2) is 23.5 Å². The summed E-state index contributed by atoms with van der Waals surface area (Å²) in [4.78, 5) is 0. The zero-order valence-electron chi connectivity index (χ0n) is 8.81. The summed E-state index contributed by atoms with van der Waals surface area (Å²) < 4.78 is 6.94. The van der Waals surface area contributed by atoms with Crippen LogP contribution in [0.2, 0.25) is 0 Å². The Labute approximate surface area is 88.6 Å². The molecule has 1 aromatic carbocycles. The molecule has 0 atom stereocenters. The SMILES string of the molecule is COCCCn1nc(N)c2ccccc21. The Morgan fingerprint density at radius 3 is 3.00 bits per heavy atom. The fourth-order valence-corrected chi connectivity index (χ4v) is 1.68. The molecule has 0 unspecified atom stereocenters.